The van der Waals surface area contributed by atoms with Crippen molar-refractivity contribution in [2.45, 2.75) is 282 Å². The van der Waals surface area contributed by atoms with Crippen molar-refractivity contribution in [2.75, 3.05) is 0 Å². The summed E-state index contributed by atoms with van der Waals surface area (Å²) >= 11 is 0. The second-order valence-electron chi connectivity index (χ2n) is 25.7. The first kappa shape index (κ1) is 63.3. The lowest BCUT2D eigenvalue weighted by Crippen LogP contribution is -2.44. The van der Waals surface area contributed by atoms with Gasteiger partial charge in [0, 0.05) is 12.8 Å². The van der Waals surface area contributed by atoms with Gasteiger partial charge in [-0.25, -0.2) is 9.59 Å². The summed E-state index contributed by atoms with van der Waals surface area (Å²) in [5.74, 6) is -3.90. The van der Waals surface area contributed by atoms with Crippen LogP contribution in [-0.2, 0) is 50.9 Å². The van der Waals surface area contributed by atoms with Crippen molar-refractivity contribution in [1.82, 2.24) is 0 Å². The summed E-state index contributed by atoms with van der Waals surface area (Å²) in [5, 5.41) is 65.8. The zero-order valence-electron chi connectivity index (χ0n) is 48.7. The Morgan fingerprint density at radius 3 is 1.21 bits per heavy atom. The number of aromatic hydroxyl groups is 2. The predicted octanol–water partition coefficient (Wildman–Crippen LogP) is 11.6. The zero-order chi connectivity index (χ0) is 57.7. The van der Waals surface area contributed by atoms with E-state index in [1.54, 1.807) is 39.8 Å². The Balaban J connectivity index is 1.08. The van der Waals surface area contributed by atoms with Gasteiger partial charge < -0.3 is 59.1 Å². The van der Waals surface area contributed by atoms with Gasteiger partial charge in [-0.15, -0.1) is 0 Å². The fourth-order valence-electron chi connectivity index (χ4n) is 13.2. The van der Waals surface area contributed by atoms with Gasteiger partial charge in [0.1, 0.15) is 34.8 Å². The molecule has 5 heterocycles. The first-order valence-corrected chi connectivity index (χ1v) is 30.6. The molecule has 4 bridgehead atoms. The number of aryl methyl sites for hydroxylation is 2. The number of cyclic esters (lactones) is 2. The molecule has 4 saturated heterocycles. The van der Waals surface area contributed by atoms with Crippen molar-refractivity contribution in [3.05, 3.63) is 58.7 Å². The molecule has 14 atom stereocenters. The lowest BCUT2D eigenvalue weighted by atomic mass is 9.81. The number of phenolic OH excluding ortho intramolecular Hbond substituents is 2. The fourth-order valence-corrected chi connectivity index (χ4v) is 13.2. The molecule has 16 heteroatoms. The highest BCUT2D eigenvalue weighted by molar-refractivity contribution is 5.95. The van der Waals surface area contributed by atoms with E-state index in [9.17, 15) is 49.8 Å². The Labute approximate surface area is 475 Å². The Bertz CT molecular complexity index is 2170. The normalized spacial score (nSPS) is 31.4. The molecule has 0 aromatic heterocycles. The lowest BCUT2D eigenvalue weighted by molar-refractivity contribution is -0.168. The number of fused-ring (bicyclic) bond motifs is 6. The van der Waals surface area contributed by atoms with E-state index in [-0.39, 0.29) is 96.8 Å². The number of esters is 2. The Morgan fingerprint density at radius 1 is 0.487 bits per heavy atom. The molecule has 0 spiro atoms. The summed E-state index contributed by atoms with van der Waals surface area (Å²) in [5.41, 5.74) is -0.609. The number of hydrogen-bond acceptors (Lipinski definition) is 14. The minimum atomic E-state index is -1.09. The third-order valence-electron chi connectivity index (χ3n) is 18.6. The molecule has 4 fully saturated rings. The topological polar surface area (TPSA) is 245 Å². The van der Waals surface area contributed by atoms with Crippen LogP contribution in [0.4, 0.5) is 0 Å². The van der Waals surface area contributed by atoms with E-state index in [4.69, 9.17) is 28.4 Å². The molecule has 0 aliphatic carbocycles. The van der Waals surface area contributed by atoms with Gasteiger partial charge >= 0.3 is 23.9 Å². The number of aliphatic hydroxyl groups excluding tert-OH is 2. The third kappa shape index (κ3) is 17.4. The molecule has 80 heavy (non-hydrogen) atoms. The first-order chi connectivity index (χ1) is 38.1. The molecule has 0 amide bonds. The molecule has 5 aliphatic heterocycles. The molecule has 0 radical (unpaired) electrons. The monoisotopic (exact) mass is 1120 g/mol. The van der Waals surface area contributed by atoms with Crippen molar-refractivity contribution >= 4 is 23.9 Å². The summed E-state index contributed by atoms with van der Waals surface area (Å²) in [6.07, 6.45) is 11.7. The molecule has 7 rings (SSSR count). The molecule has 448 valence electrons. The number of hydrogen-bond donors (Lipinski definition) is 6. The number of phenols is 2. The number of aliphatic carboxylic acids is 2. The second kappa shape index (κ2) is 29.3. The van der Waals surface area contributed by atoms with Crippen LogP contribution in [0, 0.1) is 22.7 Å². The summed E-state index contributed by atoms with van der Waals surface area (Å²) in [4.78, 5) is 53.1. The van der Waals surface area contributed by atoms with Gasteiger partial charge in [-0.1, -0.05) is 38.1 Å². The molecule has 5 aliphatic rings. The second-order valence-corrected chi connectivity index (χ2v) is 25.7. The number of carbonyl (C=O) groups excluding carboxylic acids is 2. The zero-order valence-corrected chi connectivity index (χ0v) is 48.7. The molecular weight excluding hydrogens is 1020 g/mol. The minimum absolute atomic E-state index is 0.0299. The van der Waals surface area contributed by atoms with Gasteiger partial charge in [-0.3, -0.25) is 9.59 Å². The number of ether oxygens (including phenoxy) is 6. The molecule has 0 unspecified atom stereocenters. The van der Waals surface area contributed by atoms with Gasteiger partial charge in [-0.2, -0.15) is 0 Å². The van der Waals surface area contributed by atoms with Crippen molar-refractivity contribution in [1.29, 1.82) is 0 Å². The highest BCUT2D eigenvalue weighted by atomic mass is 16.6. The van der Waals surface area contributed by atoms with E-state index < -0.39 is 71.3 Å². The fraction of sp³-hybridized carbons (Fsp3) is 0.750. The van der Waals surface area contributed by atoms with E-state index in [2.05, 4.69) is 0 Å². The first-order valence-electron chi connectivity index (χ1n) is 30.6. The molecule has 6 N–H and O–H groups in total. The average molecular weight is 1120 g/mol. The number of rotatable bonds is 12. The van der Waals surface area contributed by atoms with Crippen LogP contribution in [-0.4, -0.2) is 128 Å². The molecular formula is C64H96O16. The number of benzene rings is 2. The Kier molecular flexibility index (Phi) is 23.2. The van der Waals surface area contributed by atoms with Gasteiger partial charge in [0.15, 0.2) is 0 Å². The van der Waals surface area contributed by atoms with E-state index in [1.807, 2.05) is 26.0 Å². The minimum Gasteiger partial charge on any atom is -0.507 e. The maximum atomic E-state index is 14.4. The van der Waals surface area contributed by atoms with Crippen LogP contribution >= 0.6 is 0 Å². The van der Waals surface area contributed by atoms with Crippen LogP contribution in [0.5, 0.6) is 11.5 Å². The molecule has 2 aromatic carbocycles. The summed E-state index contributed by atoms with van der Waals surface area (Å²) in [6, 6.07) is 10.2. The number of carboxylic acids is 2. The number of aliphatic hydroxyl groups is 2. The van der Waals surface area contributed by atoms with Gasteiger partial charge in [0.25, 0.3) is 0 Å². The third-order valence-corrected chi connectivity index (χ3v) is 18.6. The Hall–Kier alpha value is -4.32. The van der Waals surface area contributed by atoms with E-state index >= 15 is 0 Å². The van der Waals surface area contributed by atoms with Gasteiger partial charge in [0.2, 0.25) is 0 Å². The van der Waals surface area contributed by atoms with Gasteiger partial charge in [-0.05, 0) is 217 Å². The number of carboxylic acid groups (broad SMARTS) is 2. The highest BCUT2D eigenvalue weighted by Gasteiger charge is 2.43. The van der Waals surface area contributed by atoms with Crippen LogP contribution < -0.4 is 0 Å². The number of carbonyl (C=O) groups is 4. The van der Waals surface area contributed by atoms with Crippen LogP contribution in [0.2, 0.25) is 0 Å². The maximum Gasteiger partial charge on any atom is 0.342 e. The predicted molar refractivity (Wildman–Crippen MR) is 301 cm³/mol. The maximum absolute atomic E-state index is 14.4. The lowest BCUT2D eigenvalue weighted by Gasteiger charge is -2.38. The van der Waals surface area contributed by atoms with Crippen LogP contribution in [0.25, 0.3) is 0 Å². The standard InChI is InChI=1S/C64H96O16/c1-39-31-33-47-23-11-21-45(75-47)19-8-16-42-18-10-28-52(68)58(42)60(70)80-54(38-44(66)36-50-26-14-30-56(78-50)64(5,6)62(73)74)40(2)32-34-48-24-12-22-46(76-48)20-7-15-41-17-9-27-51(67)57(41)59(69)79-53(39)37-43(65)35-49-25-13-29-55(77-49)63(3,4)61(71)72/h9-10,17-18,27-28,39-40,43-50,53-56,65-68H,7-8,11-16,19-26,29-38H2,1-6H3,(H,71,72)(H,73,74)/t39-,40-,43-,44-,45-,46+,47-,48+,49-,50-,53+,54+,55+,56+/m0/s1. The summed E-state index contributed by atoms with van der Waals surface area (Å²) in [7, 11) is 0. The summed E-state index contributed by atoms with van der Waals surface area (Å²) in [6.45, 7) is 10.7. The largest absolute Gasteiger partial charge is 0.507 e. The van der Waals surface area contributed by atoms with Gasteiger partial charge in [0.05, 0.1) is 71.9 Å². The molecule has 0 saturated carbocycles. The molecule has 16 nitrogen and oxygen atoms in total. The SMILES string of the molecule is C[C@H]1CC[C@H]2CCC[C@@H](CCCc3cccc(O)c3C(=O)O[C@H](C[C@@H](O)C[C@@H]3CCC[C@H](C(C)(C)C(=O)O)O3)[C@@H](C)CC[C@@H]3CCC[C@H](CCCc4cccc(O)c4C(=O)O[C@@H]1C[C@@H](O)C[C@@H]1CCC[C@H](C(C)(C)C(=O)O)O1)O3)O2. The summed E-state index contributed by atoms with van der Waals surface area (Å²) < 4.78 is 38.9. The Morgan fingerprint density at radius 2 is 0.838 bits per heavy atom. The van der Waals surface area contributed by atoms with E-state index in [0.717, 1.165) is 64.2 Å². The van der Waals surface area contributed by atoms with Crippen molar-refractivity contribution < 1.29 is 78.2 Å². The van der Waals surface area contributed by atoms with Crippen LogP contribution in [0.3, 0.4) is 0 Å². The van der Waals surface area contributed by atoms with Crippen LogP contribution in [0.1, 0.15) is 227 Å². The molecule has 2 aromatic rings. The van der Waals surface area contributed by atoms with Crippen LogP contribution in [0.15, 0.2) is 36.4 Å². The van der Waals surface area contributed by atoms with E-state index in [0.29, 0.717) is 88.2 Å². The average Bonchev–Trinajstić information content (AvgIpc) is 3.42. The van der Waals surface area contributed by atoms with Crippen molar-refractivity contribution in [2.24, 2.45) is 22.7 Å². The van der Waals surface area contributed by atoms with Crippen molar-refractivity contribution in [3.63, 3.8) is 0 Å². The highest BCUT2D eigenvalue weighted by Crippen LogP contribution is 2.39. The quantitative estimate of drug-likeness (QED) is 0.108. The van der Waals surface area contributed by atoms with E-state index in [1.165, 1.54) is 12.1 Å². The van der Waals surface area contributed by atoms with Crippen molar-refractivity contribution in [3.8, 4) is 11.5 Å². The smallest absolute Gasteiger partial charge is 0.342 e.